The van der Waals surface area contributed by atoms with Gasteiger partial charge in [0.1, 0.15) is 0 Å². The van der Waals surface area contributed by atoms with Crippen molar-refractivity contribution in [2.75, 3.05) is 6.54 Å². The van der Waals surface area contributed by atoms with E-state index in [2.05, 4.69) is 19.2 Å². The highest BCUT2D eigenvalue weighted by Crippen LogP contribution is 2.02. The van der Waals surface area contributed by atoms with Crippen LogP contribution in [0.15, 0.2) is 23.1 Å². The van der Waals surface area contributed by atoms with Crippen molar-refractivity contribution in [1.82, 2.24) is 9.88 Å². The van der Waals surface area contributed by atoms with Crippen molar-refractivity contribution < 1.29 is 4.79 Å². The van der Waals surface area contributed by atoms with E-state index in [1.165, 1.54) is 10.6 Å². The molecule has 0 aliphatic carbocycles. The smallest absolute Gasteiger partial charge is 0.251 e. The van der Waals surface area contributed by atoms with E-state index in [0.717, 1.165) is 12.8 Å². The molecule has 4 nitrogen and oxygen atoms in total. The summed E-state index contributed by atoms with van der Waals surface area (Å²) in [6.45, 7) is 4.97. The minimum atomic E-state index is -0.175. The maximum absolute atomic E-state index is 11.7. The molecule has 0 fully saturated rings. The molecule has 0 aliphatic rings. The highest BCUT2D eigenvalue weighted by molar-refractivity contribution is 5.93. The van der Waals surface area contributed by atoms with E-state index in [9.17, 15) is 9.59 Å². The summed E-state index contributed by atoms with van der Waals surface area (Å²) in [5, 5.41) is 2.81. The monoisotopic (exact) mass is 236 g/mol. The number of amides is 1. The lowest BCUT2D eigenvalue weighted by atomic mass is 10.1. The van der Waals surface area contributed by atoms with Crippen LogP contribution in [0.4, 0.5) is 0 Å². The Kier molecular flexibility index (Phi) is 4.94. The molecule has 0 saturated carbocycles. The van der Waals surface area contributed by atoms with Gasteiger partial charge in [-0.25, -0.2) is 0 Å². The molecule has 1 amide bonds. The predicted molar refractivity (Wildman–Crippen MR) is 68.1 cm³/mol. The second kappa shape index (κ2) is 6.23. The van der Waals surface area contributed by atoms with Crippen LogP contribution in [0.25, 0.3) is 0 Å². The van der Waals surface area contributed by atoms with Crippen LogP contribution in [0.5, 0.6) is 0 Å². The van der Waals surface area contributed by atoms with Crippen LogP contribution in [-0.4, -0.2) is 17.0 Å². The van der Waals surface area contributed by atoms with Gasteiger partial charge in [-0.2, -0.15) is 0 Å². The molecular formula is C13H20N2O2. The highest BCUT2D eigenvalue weighted by atomic mass is 16.2. The van der Waals surface area contributed by atoms with Crippen molar-refractivity contribution in [2.24, 2.45) is 13.0 Å². The fourth-order valence-corrected chi connectivity index (χ4v) is 1.50. The zero-order chi connectivity index (χ0) is 12.8. The number of hydrogen-bond acceptors (Lipinski definition) is 2. The van der Waals surface area contributed by atoms with Gasteiger partial charge in [-0.3, -0.25) is 9.59 Å². The van der Waals surface area contributed by atoms with Gasteiger partial charge >= 0.3 is 0 Å². The third kappa shape index (κ3) is 4.43. The Hall–Kier alpha value is -1.58. The molecule has 0 spiro atoms. The minimum Gasteiger partial charge on any atom is -0.352 e. The van der Waals surface area contributed by atoms with Gasteiger partial charge in [0.15, 0.2) is 0 Å². The first-order valence-corrected chi connectivity index (χ1v) is 5.95. The molecular weight excluding hydrogens is 216 g/mol. The SMILES string of the molecule is CC(C)CCCNC(=O)c1ccn(C)c(=O)c1. The molecule has 1 N–H and O–H groups in total. The number of rotatable bonds is 5. The van der Waals surface area contributed by atoms with Crippen LogP contribution in [0.1, 0.15) is 37.0 Å². The van der Waals surface area contributed by atoms with E-state index in [4.69, 9.17) is 0 Å². The summed E-state index contributed by atoms with van der Waals surface area (Å²) in [5.74, 6) is 0.474. The maximum Gasteiger partial charge on any atom is 0.251 e. The molecule has 0 bridgehead atoms. The maximum atomic E-state index is 11.7. The zero-order valence-electron chi connectivity index (χ0n) is 10.7. The molecule has 1 rings (SSSR count). The van der Waals surface area contributed by atoms with E-state index >= 15 is 0 Å². The second-order valence-electron chi connectivity index (χ2n) is 4.66. The van der Waals surface area contributed by atoms with E-state index in [0.29, 0.717) is 18.0 Å². The Morgan fingerprint density at radius 1 is 1.47 bits per heavy atom. The summed E-state index contributed by atoms with van der Waals surface area (Å²) < 4.78 is 1.44. The normalized spacial score (nSPS) is 10.6. The molecule has 0 atom stereocenters. The summed E-state index contributed by atoms with van der Waals surface area (Å²) in [6, 6.07) is 3.01. The van der Waals surface area contributed by atoms with Crippen LogP contribution in [0, 0.1) is 5.92 Å². The largest absolute Gasteiger partial charge is 0.352 e. The molecule has 1 aromatic heterocycles. The number of pyridine rings is 1. The van der Waals surface area contributed by atoms with E-state index in [1.807, 2.05) is 0 Å². The average molecular weight is 236 g/mol. The fraction of sp³-hybridized carbons (Fsp3) is 0.538. The molecule has 1 heterocycles. The van der Waals surface area contributed by atoms with Gasteiger partial charge in [-0.15, -0.1) is 0 Å². The van der Waals surface area contributed by atoms with E-state index in [-0.39, 0.29) is 11.5 Å². The Labute approximate surface area is 102 Å². The Morgan fingerprint density at radius 3 is 2.76 bits per heavy atom. The summed E-state index contributed by atoms with van der Waals surface area (Å²) >= 11 is 0. The van der Waals surface area contributed by atoms with Crippen LogP contribution in [0.3, 0.4) is 0 Å². The number of hydrogen-bond donors (Lipinski definition) is 1. The summed E-state index contributed by atoms with van der Waals surface area (Å²) in [5.41, 5.74) is 0.262. The number of aromatic nitrogens is 1. The van der Waals surface area contributed by atoms with Crippen molar-refractivity contribution in [1.29, 1.82) is 0 Å². The topological polar surface area (TPSA) is 51.1 Å². The molecule has 0 unspecified atom stereocenters. The van der Waals surface area contributed by atoms with E-state index in [1.54, 1.807) is 19.3 Å². The first-order chi connectivity index (χ1) is 8.00. The lowest BCUT2D eigenvalue weighted by Gasteiger charge is -2.07. The number of carbonyl (C=O) groups is 1. The van der Waals surface area contributed by atoms with Crippen molar-refractivity contribution >= 4 is 5.91 Å². The molecule has 17 heavy (non-hydrogen) atoms. The van der Waals surface area contributed by atoms with Crippen LogP contribution >= 0.6 is 0 Å². The highest BCUT2D eigenvalue weighted by Gasteiger charge is 2.05. The minimum absolute atomic E-state index is 0.167. The molecule has 94 valence electrons. The molecule has 0 saturated heterocycles. The van der Waals surface area contributed by atoms with Gasteiger partial charge in [0, 0.05) is 31.4 Å². The first kappa shape index (κ1) is 13.5. The van der Waals surface area contributed by atoms with Gasteiger partial charge in [0.25, 0.3) is 11.5 Å². The summed E-state index contributed by atoms with van der Waals surface area (Å²) in [4.78, 5) is 23.0. The van der Waals surface area contributed by atoms with Gasteiger partial charge in [-0.05, 0) is 24.8 Å². The van der Waals surface area contributed by atoms with Crippen molar-refractivity contribution in [3.05, 3.63) is 34.2 Å². The second-order valence-corrected chi connectivity index (χ2v) is 4.66. The molecule has 1 aromatic rings. The Bertz CT molecular complexity index is 435. The van der Waals surface area contributed by atoms with Gasteiger partial charge in [0.05, 0.1) is 0 Å². The predicted octanol–water partition coefficient (Wildman–Crippen LogP) is 1.55. The Morgan fingerprint density at radius 2 is 2.18 bits per heavy atom. The zero-order valence-corrected chi connectivity index (χ0v) is 10.7. The van der Waals surface area contributed by atoms with Crippen LogP contribution in [0.2, 0.25) is 0 Å². The lowest BCUT2D eigenvalue weighted by molar-refractivity contribution is 0.0952. The first-order valence-electron chi connectivity index (χ1n) is 5.95. The van der Waals surface area contributed by atoms with Crippen molar-refractivity contribution in [2.45, 2.75) is 26.7 Å². The molecule has 0 radical (unpaired) electrons. The summed E-state index contributed by atoms with van der Waals surface area (Å²) in [7, 11) is 1.66. The summed E-state index contributed by atoms with van der Waals surface area (Å²) in [6.07, 6.45) is 3.66. The quantitative estimate of drug-likeness (QED) is 0.789. The van der Waals surface area contributed by atoms with Gasteiger partial charge in [0.2, 0.25) is 0 Å². The van der Waals surface area contributed by atoms with Gasteiger partial charge in [-0.1, -0.05) is 13.8 Å². The van der Waals surface area contributed by atoms with E-state index < -0.39 is 0 Å². The lowest BCUT2D eigenvalue weighted by Crippen LogP contribution is -2.27. The molecule has 0 aromatic carbocycles. The van der Waals surface area contributed by atoms with Crippen LogP contribution < -0.4 is 10.9 Å². The van der Waals surface area contributed by atoms with Crippen molar-refractivity contribution in [3.8, 4) is 0 Å². The standard InChI is InChI=1S/C13H20N2O2/c1-10(2)5-4-7-14-13(17)11-6-8-15(3)12(16)9-11/h6,8-10H,4-5,7H2,1-3H3,(H,14,17). The van der Waals surface area contributed by atoms with Crippen LogP contribution in [-0.2, 0) is 7.05 Å². The average Bonchev–Trinajstić information content (AvgIpc) is 2.27. The number of nitrogens with zero attached hydrogens (tertiary/aromatic N) is 1. The third-order valence-corrected chi connectivity index (χ3v) is 2.61. The number of nitrogens with one attached hydrogen (secondary N) is 1. The van der Waals surface area contributed by atoms with Crippen molar-refractivity contribution in [3.63, 3.8) is 0 Å². The van der Waals surface area contributed by atoms with Gasteiger partial charge < -0.3 is 9.88 Å². The third-order valence-electron chi connectivity index (χ3n) is 2.61. The molecule has 0 aliphatic heterocycles. The molecule has 4 heteroatoms. The fourth-order valence-electron chi connectivity index (χ4n) is 1.50. The number of aryl methyl sites for hydroxylation is 1. The number of carbonyl (C=O) groups excluding carboxylic acids is 1. The Balaban J connectivity index is 2.47.